The van der Waals surface area contributed by atoms with Gasteiger partial charge in [0.25, 0.3) is 0 Å². The van der Waals surface area contributed by atoms with Gasteiger partial charge in [0.2, 0.25) is 35.4 Å². The van der Waals surface area contributed by atoms with Crippen LogP contribution in [0.2, 0.25) is 0 Å². The molecule has 0 rings (SSSR count). The average molecular weight is 687 g/mol. The zero-order valence-corrected chi connectivity index (χ0v) is 27.6. The lowest BCUT2D eigenvalue weighted by Crippen LogP contribution is -2.49. The first-order chi connectivity index (χ1) is 22.9. The Kier molecular flexibility index (Phi) is 25.3. The van der Waals surface area contributed by atoms with Gasteiger partial charge < -0.3 is 53.6 Å². The lowest BCUT2D eigenvalue weighted by Gasteiger charge is -2.18. The van der Waals surface area contributed by atoms with Crippen LogP contribution in [0.25, 0.3) is 0 Å². The van der Waals surface area contributed by atoms with Crippen LogP contribution in [0.4, 0.5) is 0 Å². The standard InChI is InChI=1S/C30H54N8O10/c31-15-5-3-9-21(29(47)33-17-7-13-27(43)44)37-25(41)19-35-23(39)11-1-2-12-24(40)36-20-26(42)38-22(10-4-6-16-32)30(48)34-18-8-14-28(45)46/h21-22H,1-20,31-32H2,(H,33,47)(H,34,48)(H,35,39)(H,36,40)(H,37,41)(H,38,42)(H,43,44)(H,45,46)/t21-,22-/m0/s1. The number of carbonyl (C=O) groups excluding carboxylic acids is 6. The van der Waals surface area contributed by atoms with Gasteiger partial charge in [0.05, 0.1) is 13.1 Å². The van der Waals surface area contributed by atoms with Crippen LogP contribution in [0, 0.1) is 0 Å². The molecule has 0 bridgehead atoms. The summed E-state index contributed by atoms with van der Waals surface area (Å²) in [6.07, 6.45) is 4.14. The molecule has 274 valence electrons. The summed E-state index contributed by atoms with van der Waals surface area (Å²) in [5, 5.41) is 32.7. The number of nitrogens with one attached hydrogen (secondary N) is 6. The molecule has 0 saturated carbocycles. The largest absolute Gasteiger partial charge is 0.481 e. The first-order valence-corrected chi connectivity index (χ1v) is 16.4. The van der Waals surface area contributed by atoms with Gasteiger partial charge in [-0.2, -0.15) is 0 Å². The van der Waals surface area contributed by atoms with Crippen molar-refractivity contribution in [3.05, 3.63) is 0 Å². The van der Waals surface area contributed by atoms with Crippen molar-refractivity contribution in [3.8, 4) is 0 Å². The van der Waals surface area contributed by atoms with E-state index in [9.17, 15) is 38.4 Å². The van der Waals surface area contributed by atoms with Crippen LogP contribution in [0.1, 0.15) is 89.9 Å². The van der Waals surface area contributed by atoms with Gasteiger partial charge in [-0.3, -0.25) is 38.4 Å². The summed E-state index contributed by atoms with van der Waals surface area (Å²) in [6, 6.07) is -1.72. The highest BCUT2D eigenvalue weighted by Crippen LogP contribution is 2.04. The Morgan fingerprint density at radius 2 is 0.833 bits per heavy atom. The molecule has 0 aromatic carbocycles. The first-order valence-electron chi connectivity index (χ1n) is 16.4. The Balaban J connectivity index is 4.44. The van der Waals surface area contributed by atoms with Crippen molar-refractivity contribution in [1.29, 1.82) is 0 Å². The molecule has 18 heteroatoms. The summed E-state index contributed by atoms with van der Waals surface area (Å²) in [4.78, 5) is 95.3. The molecule has 0 aliphatic carbocycles. The topological polar surface area (TPSA) is 301 Å². The summed E-state index contributed by atoms with van der Waals surface area (Å²) in [7, 11) is 0. The molecule has 18 nitrogen and oxygen atoms in total. The predicted molar refractivity (Wildman–Crippen MR) is 174 cm³/mol. The van der Waals surface area contributed by atoms with Crippen LogP contribution < -0.4 is 43.4 Å². The minimum Gasteiger partial charge on any atom is -0.481 e. The SMILES string of the molecule is NCCCC[C@H](NC(=O)CNC(=O)CCCCC(=O)NCC(=O)N[C@@H](CCCCN)C(=O)NCCCC(=O)O)C(=O)NCCCC(=O)O. The fourth-order valence-corrected chi connectivity index (χ4v) is 4.27. The van der Waals surface area contributed by atoms with Crippen LogP contribution in [-0.4, -0.2) is 109 Å². The number of rotatable bonds is 29. The van der Waals surface area contributed by atoms with Crippen LogP contribution in [-0.2, 0) is 38.4 Å². The highest BCUT2D eigenvalue weighted by atomic mass is 16.4. The monoisotopic (exact) mass is 686 g/mol. The number of unbranched alkanes of at least 4 members (excludes halogenated alkanes) is 3. The van der Waals surface area contributed by atoms with Crippen molar-refractivity contribution in [1.82, 2.24) is 31.9 Å². The number of carboxylic acid groups (broad SMARTS) is 2. The third kappa shape index (κ3) is 24.9. The Morgan fingerprint density at radius 3 is 1.17 bits per heavy atom. The van der Waals surface area contributed by atoms with Crippen molar-refractivity contribution >= 4 is 47.4 Å². The molecule has 0 unspecified atom stereocenters. The van der Waals surface area contributed by atoms with Gasteiger partial charge in [0.15, 0.2) is 0 Å². The molecule has 12 N–H and O–H groups in total. The van der Waals surface area contributed by atoms with Crippen LogP contribution in [0.5, 0.6) is 0 Å². The number of hydrogen-bond donors (Lipinski definition) is 10. The molecule has 0 fully saturated rings. The van der Waals surface area contributed by atoms with E-state index < -0.39 is 59.5 Å². The minimum atomic E-state index is -0.979. The Morgan fingerprint density at radius 1 is 0.458 bits per heavy atom. The van der Waals surface area contributed by atoms with E-state index in [1.807, 2.05) is 0 Å². The normalized spacial score (nSPS) is 11.8. The predicted octanol–water partition coefficient (Wildman–Crippen LogP) is -2.03. The quantitative estimate of drug-likeness (QED) is 0.0381. The van der Waals surface area contributed by atoms with E-state index in [0.717, 1.165) is 0 Å². The van der Waals surface area contributed by atoms with Gasteiger partial charge in [-0.05, 0) is 77.3 Å². The first kappa shape index (κ1) is 43.7. The second-order valence-corrected chi connectivity index (χ2v) is 11.1. The molecule has 0 spiro atoms. The molecule has 6 amide bonds. The van der Waals surface area contributed by atoms with Gasteiger partial charge in [-0.25, -0.2) is 0 Å². The lowest BCUT2D eigenvalue weighted by molar-refractivity contribution is -0.138. The highest BCUT2D eigenvalue weighted by molar-refractivity contribution is 5.91. The van der Waals surface area contributed by atoms with Gasteiger partial charge in [-0.15, -0.1) is 0 Å². The third-order valence-electron chi connectivity index (χ3n) is 6.88. The fraction of sp³-hybridized carbons (Fsp3) is 0.733. The van der Waals surface area contributed by atoms with E-state index in [4.69, 9.17) is 21.7 Å². The maximum Gasteiger partial charge on any atom is 0.303 e. The van der Waals surface area contributed by atoms with Gasteiger partial charge >= 0.3 is 11.9 Å². The van der Waals surface area contributed by atoms with Crippen LogP contribution >= 0.6 is 0 Å². The number of aliphatic carboxylic acids is 2. The number of hydrogen-bond acceptors (Lipinski definition) is 10. The number of amides is 6. The smallest absolute Gasteiger partial charge is 0.303 e. The zero-order valence-electron chi connectivity index (χ0n) is 27.6. The molecule has 0 aromatic heterocycles. The van der Waals surface area contributed by atoms with Crippen molar-refractivity contribution in [3.63, 3.8) is 0 Å². The molecule has 0 aliphatic heterocycles. The minimum absolute atomic E-state index is 0.0388. The molecule has 0 radical (unpaired) electrons. The molecule has 48 heavy (non-hydrogen) atoms. The van der Waals surface area contributed by atoms with Crippen LogP contribution in [0.3, 0.4) is 0 Å². The molecular formula is C30H54N8O10. The summed E-state index contributed by atoms with van der Waals surface area (Å²) in [5.74, 6) is -4.86. The lowest BCUT2D eigenvalue weighted by atomic mass is 10.1. The van der Waals surface area contributed by atoms with E-state index in [2.05, 4.69) is 31.9 Å². The van der Waals surface area contributed by atoms with Gasteiger partial charge in [0.1, 0.15) is 12.1 Å². The van der Waals surface area contributed by atoms with Crippen molar-refractivity contribution in [2.24, 2.45) is 11.5 Å². The van der Waals surface area contributed by atoms with E-state index in [1.165, 1.54) is 0 Å². The average Bonchev–Trinajstić information content (AvgIpc) is 3.04. The molecule has 0 heterocycles. The summed E-state index contributed by atoms with van der Waals surface area (Å²) >= 11 is 0. The number of nitrogens with two attached hydrogens (primary N) is 2. The van der Waals surface area contributed by atoms with Gasteiger partial charge in [-0.1, -0.05) is 0 Å². The van der Waals surface area contributed by atoms with Crippen molar-refractivity contribution in [2.45, 2.75) is 102 Å². The second-order valence-electron chi connectivity index (χ2n) is 11.1. The number of carboxylic acids is 2. The fourth-order valence-electron chi connectivity index (χ4n) is 4.27. The second kappa shape index (κ2) is 27.8. The Labute approximate surface area is 280 Å². The Bertz CT molecular complexity index is 963. The van der Waals surface area contributed by atoms with E-state index in [1.54, 1.807) is 0 Å². The summed E-state index contributed by atoms with van der Waals surface area (Å²) in [6.45, 7) is 0.409. The third-order valence-corrected chi connectivity index (χ3v) is 6.88. The summed E-state index contributed by atoms with van der Waals surface area (Å²) < 4.78 is 0. The van der Waals surface area contributed by atoms with Crippen molar-refractivity contribution in [2.75, 3.05) is 39.3 Å². The maximum atomic E-state index is 12.5. The zero-order chi connectivity index (χ0) is 36.2. The summed E-state index contributed by atoms with van der Waals surface area (Å²) in [5.41, 5.74) is 11.0. The highest BCUT2D eigenvalue weighted by Gasteiger charge is 2.22. The molecule has 2 atom stereocenters. The van der Waals surface area contributed by atoms with Crippen LogP contribution in [0.15, 0.2) is 0 Å². The van der Waals surface area contributed by atoms with E-state index in [0.29, 0.717) is 64.5 Å². The molecule has 0 aliphatic rings. The number of carbonyl (C=O) groups is 8. The maximum absolute atomic E-state index is 12.5. The molecule has 0 aromatic rings. The molecular weight excluding hydrogens is 632 g/mol. The van der Waals surface area contributed by atoms with Crippen molar-refractivity contribution < 1.29 is 48.6 Å². The molecule has 0 saturated heterocycles. The Hall–Kier alpha value is -4.32. The van der Waals surface area contributed by atoms with Gasteiger partial charge in [0, 0.05) is 38.8 Å². The van der Waals surface area contributed by atoms with E-state index >= 15 is 0 Å². The van der Waals surface area contributed by atoms with E-state index in [-0.39, 0.29) is 64.7 Å².